The SMILES string of the molecule is Cc1ccc(C2CCCC(=O)C2)cc1C. The Morgan fingerprint density at radius 2 is 2.00 bits per heavy atom. The molecule has 1 aromatic carbocycles. The van der Waals surface area contributed by atoms with E-state index in [1.54, 1.807) is 0 Å². The summed E-state index contributed by atoms with van der Waals surface area (Å²) >= 11 is 0. The Hall–Kier alpha value is -1.11. The molecule has 80 valence electrons. The quantitative estimate of drug-likeness (QED) is 0.681. The van der Waals surface area contributed by atoms with Gasteiger partial charge in [0, 0.05) is 12.8 Å². The second-order valence-corrected chi connectivity index (χ2v) is 4.68. The standard InChI is InChI=1S/C14H18O/c1-10-6-7-13(8-11(10)2)12-4-3-5-14(15)9-12/h6-8,12H,3-5,9H2,1-2H3. The van der Waals surface area contributed by atoms with Gasteiger partial charge in [-0.25, -0.2) is 0 Å². The topological polar surface area (TPSA) is 17.1 Å². The predicted molar refractivity (Wildman–Crippen MR) is 62.1 cm³/mol. The van der Waals surface area contributed by atoms with Gasteiger partial charge < -0.3 is 0 Å². The summed E-state index contributed by atoms with van der Waals surface area (Å²) in [4.78, 5) is 11.4. The van der Waals surface area contributed by atoms with E-state index in [0.717, 1.165) is 19.3 Å². The molecule has 1 unspecified atom stereocenters. The lowest BCUT2D eigenvalue weighted by Gasteiger charge is -2.21. The molecule has 0 spiro atoms. The highest BCUT2D eigenvalue weighted by Gasteiger charge is 2.20. The van der Waals surface area contributed by atoms with Crippen molar-refractivity contribution in [3.05, 3.63) is 34.9 Å². The fourth-order valence-electron chi connectivity index (χ4n) is 2.33. The highest BCUT2D eigenvalue weighted by atomic mass is 16.1. The molecule has 15 heavy (non-hydrogen) atoms. The number of carbonyl (C=O) groups is 1. The summed E-state index contributed by atoms with van der Waals surface area (Å²) in [5.41, 5.74) is 4.03. The van der Waals surface area contributed by atoms with Crippen LogP contribution in [0.15, 0.2) is 18.2 Å². The lowest BCUT2D eigenvalue weighted by molar-refractivity contribution is -0.120. The molecule has 1 aliphatic rings. The molecule has 0 heterocycles. The molecule has 2 rings (SSSR count). The molecule has 1 heteroatoms. The predicted octanol–water partition coefficient (Wildman–Crippen LogP) is 3.53. The second kappa shape index (κ2) is 4.18. The highest BCUT2D eigenvalue weighted by Crippen LogP contribution is 2.31. The number of benzene rings is 1. The van der Waals surface area contributed by atoms with Crippen molar-refractivity contribution in [2.75, 3.05) is 0 Å². The van der Waals surface area contributed by atoms with Crippen molar-refractivity contribution >= 4 is 5.78 Å². The van der Waals surface area contributed by atoms with Gasteiger partial charge in [-0.15, -0.1) is 0 Å². The molecule has 0 amide bonds. The molecule has 1 saturated carbocycles. The van der Waals surface area contributed by atoms with Gasteiger partial charge in [0.25, 0.3) is 0 Å². The first-order chi connectivity index (χ1) is 7.16. The summed E-state index contributed by atoms with van der Waals surface area (Å²) < 4.78 is 0. The molecule has 0 saturated heterocycles. The van der Waals surface area contributed by atoms with Gasteiger partial charge in [-0.3, -0.25) is 4.79 Å². The lowest BCUT2D eigenvalue weighted by atomic mass is 9.82. The molecule has 0 aromatic heterocycles. The van der Waals surface area contributed by atoms with Crippen LogP contribution in [0.5, 0.6) is 0 Å². The zero-order valence-electron chi connectivity index (χ0n) is 9.55. The molecule has 1 nitrogen and oxygen atoms in total. The Kier molecular flexibility index (Phi) is 2.90. The van der Waals surface area contributed by atoms with Crippen LogP contribution in [0.1, 0.15) is 48.3 Å². The van der Waals surface area contributed by atoms with Gasteiger partial charge in [0.05, 0.1) is 0 Å². The zero-order valence-corrected chi connectivity index (χ0v) is 9.55. The average molecular weight is 202 g/mol. The van der Waals surface area contributed by atoms with Crippen molar-refractivity contribution in [1.82, 2.24) is 0 Å². The van der Waals surface area contributed by atoms with E-state index in [1.165, 1.54) is 23.1 Å². The van der Waals surface area contributed by atoms with Gasteiger partial charge in [0.1, 0.15) is 5.78 Å². The van der Waals surface area contributed by atoms with Crippen molar-refractivity contribution in [2.45, 2.75) is 45.4 Å². The van der Waals surface area contributed by atoms with E-state index < -0.39 is 0 Å². The van der Waals surface area contributed by atoms with Crippen molar-refractivity contribution in [3.8, 4) is 0 Å². The van der Waals surface area contributed by atoms with E-state index in [1.807, 2.05) is 0 Å². The maximum atomic E-state index is 11.4. The number of hydrogen-bond acceptors (Lipinski definition) is 1. The largest absolute Gasteiger partial charge is 0.300 e. The minimum Gasteiger partial charge on any atom is -0.300 e. The summed E-state index contributed by atoms with van der Waals surface area (Å²) in [5.74, 6) is 0.912. The maximum Gasteiger partial charge on any atom is 0.133 e. The van der Waals surface area contributed by atoms with Gasteiger partial charge in [-0.1, -0.05) is 18.2 Å². The van der Waals surface area contributed by atoms with Crippen molar-refractivity contribution in [2.24, 2.45) is 0 Å². The second-order valence-electron chi connectivity index (χ2n) is 4.68. The van der Waals surface area contributed by atoms with Crippen LogP contribution < -0.4 is 0 Å². The Balaban J connectivity index is 2.21. The first kappa shape index (κ1) is 10.4. The van der Waals surface area contributed by atoms with Crippen LogP contribution in [-0.2, 0) is 4.79 Å². The summed E-state index contributed by atoms with van der Waals surface area (Å²) in [5, 5.41) is 0. The highest BCUT2D eigenvalue weighted by molar-refractivity contribution is 5.80. The van der Waals surface area contributed by atoms with E-state index in [2.05, 4.69) is 32.0 Å². The van der Waals surface area contributed by atoms with Gasteiger partial charge in [-0.2, -0.15) is 0 Å². The van der Waals surface area contributed by atoms with E-state index in [9.17, 15) is 4.79 Å². The van der Waals surface area contributed by atoms with E-state index >= 15 is 0 Å². The van der Waals surface area contributed by atoms with Gasteiger partial charge in [-0.05, 0) is 49.3 Å². The van der Waals surface area contributed by atoms with Crippen LogP contribution in [0, 0.1) is 13.8 Å². The van der Waals surface area contributed by atoms with Crippen molar-refractivity contribution < 1.29 is 4.79 Å². The summed E-state index contributed by atoms with van der Waals surface area (Å²) in [7, 11) is 0. The molecule has 1 atom stereocenters. The number of Topliss-reactive ketones (excluding diaryl/α,β-unsaturated/α-hetero) is 1. The normalized spacial score (nSPS) is 21.7. The van der Waals surface area contributed by atoms with Crippen LogP contribution in [0.2, 0.25) is 0 Å². The fourth-order valence-corrected chi connectivity index (χ4v) is 2.33. The molecule has 0 radical (unpaired) electrons. The number of aryl methyl sites for hydroxylation is 2. The molecule has 1 aliphatic carbocycles. The van der Waals surface area contributed by atoms with Crippen LogP contribution in [0.3, 0.4) is 0 Å². The summed E-state index contributed by atoms with van der Waals surface area (Å²) in [6.07, 6.45) is 3.79. The molecular formula is C14H18O. The molecule has 1 fully saturated rings. The Morgan fingerprint density at radius 1 is 1.20 bits per heavy atom. The van der Waals surface area contributed by atoms with Crippen LogP contribution in [-0.4, -0.2) is 5.78 Å². The fraction of sp³-hybridized carbons (Fsp3) is 0.500. The molecule has 0 N–H and O–H groups in total. The average Bonchev–Trinajstić information content (AvgIpc) is 2.22. The molecule has 1 aromatic rings. The Bertz CT molecular complexity index is 379. The lowest BCUT2D eigenvalue weighted by Crippen LogP contribution is -2.13. The zero-order chi connectivity index (χ0) is 10.8. The van der Waals surface area contributed by atoms with E-state index in [4.69, 9.17) is 0 Å². The van der Waals surface area contributed by atoms with Gasteiger partial charge in [0.2, 0.25) is 0 Å². The van der Waals surface area contributed by atoms with E-state index in [0.29, 0.717) is 11.7 Å². The number of carbonyl (C=O) groups excluding carboxylic acids is 1. The maximum absolute atomic E-state index is 11.4. The van der Waals surface area contributed by atoms with E-state index in [-0.39, 0.29) is 0 Å². The Morgan fingerprint density at radius 3 is 2.67 bits per heavy atom. The monoisotopic (exact) mass is 202 g/mol. The van der Waals surface area contributed by atoms with Crippen molar-refractivity contribution in [3.63, 3.8) is 0 Å². The molecule has 0 aliphatic heterocycles. The minimum absolute atomic E-state index is 0.435. The number of ketones is 1. The first-order valence-electron chi connectivity index (χ1n) is 5.75. The third-order valence-corrected chi connectivity index (χ3v) is 3.48. The summed E-state index contributed by atoms with van der Waals surface area (Å²) in [6.45, 7) is 4.27. The van der Waals surface area contributed by atoms with Crippen LogP contribution >= 0.6 is 0 Å². The number of hydrogen-bond donors (Lipinski definition) is 0. The molecular weight excluding hydrogens is 184 g/mol. The van der Waals surface area contributed by atoms with Crippen LogP contribution in [0.25, 0.3) is 0 Å². The third-order valence-electron chi connectivity index (χ3n) is 3.48. The first-order valence-corrected chi connectivity index (χ1v) is 5.75. The van der Waals surface area contributed by atoms with Crippen LogP contribution in [0.4, 0.5) is 0 Å². The Labute approximate surface area is 91.5 Å². The molecule has 0 bridgehead atoms. The summed E-state index contributed by atoms with van der Waals surface area (Å²) in [6, 6.07) is 6.61. The smallest absolute Gasteiger partial charge is 0.133 e. The van der Waals surface area contributed by atoms with Gasteiger partial charge in [0.15, 0.2) is 0 Å². The van der Waals surface area contributed by atoms with Crippen molar-refractivity contribution in [1.29, 1.82) is 0 Å². The van der Waals surface area contributed by atoms with Gasteiger partial charge >= 0.3 is 0 Å². The number of rotatable bonds is 1. The minimum atomic E-state index is 0.435. The third kappa shape index (κ3) is 2.28.